The number of carbonyl (C=O) groups is 2. The van der Waals surface area contributed by atoms with Crippen LogP contribution >= 0.6 is 35.0 Å². The number of anilines is 1. The SMILES string of the molecule is CCN1C(=O)C(CC(=O)Nc2ccc(Cl)cc2Cl)S/C1=N\c1ccccn1. The van der Waals surface area contributed by atoms with E-state index in [1.807, 2.05) is 13.0 Å². The molecule has 1 aliphatic heterocycles. The molecule has 2 aromatic rings. The van der Waals surface area contributed by atoms with E-state index in [9.17, 15) is 9.59 Å². The van der Waals surface area contributed by atoms with Gasteiger partial charge in [-0.25, -0.2) is 9.98 Å². The highest BCUT2D eigenvalue weighted by Gasteiger charge is 2.38. The highest BCUT2D eigenvalue weighted by atomic mass is 35.5. The Bertz CT molecular complexity index is 892. The largest absolute Gasteiger partial charge is 0.325 e. The molecule has 1 atom stereocenters. The standard InChI is InChI=1S/C18H16Cl2N4O2S/c1-2-24-17(26)14(27-18(24)23-15-5-3-4-8-21-15)10-16(25)22-13-7-6-11(19)9-12(13)20/h3-9,14H,2,10H2,1H3,(H,22,25)/b23-18-. The lowest BCUT2D eigenvalue weighted by atomic mass is 10.2. The van der Waals surface area contributed by atoms with Crippen LogP contribution in [0.5, 0.6) is 0 Å². The fourth-order valence-electron chi connectivity index (χ4n) is 2.49. The van der Waals surface area contributed by atoms with Gasteiger partial charge < -0.3 is 5.32 Å². The summed E-state index contributed by atoms with van der Waals surface area (Å²) in [6, 6.07) is 10.2. The molecule has 0 bridgehead atoms. The van der Waals surface area contributed by atoms with Crippen molar-refractivity contribution in [2.45, 2.75) is 18.6 Å². The molecule has 1 aliphatic rings. The van der Waals surface area contributed by atoms with Crippen molar-refractivity contribution in [3.8, 4) is 0 Å². The molecule has 140 valence electrons. The average molecular weight is 423 g/mol. The number of carbonyl (C=O) groups excluding carboxylic acids is 2. The summed E-state index contributed by atoms with van der Waals surface area (Å²) in [4.78, 5) is 35.1. The first-order valence-electron chi connectivity index (χ1n) is 8.20. The van der Waals surface area contributed by atoms with Crippen LogP contribution in [-0.2, 0) is 9.59 Å². The van der Waals surface area contributed by atoms with E-state index in [1.165, 1.54) is 11.8 Å². The molecule has 0 radical (unpaired) electrons. The van der Waals surface area contributed by atoms with Crippen LogP contribution < -0.4 is 5.32 Å². The first-order chi connectivity index (χ1) is 13.0. The average Bonchev–Trinajstić information content (AvgIpc) is 2.92. The smallest absolute Gasteiger partial charge is 0.242 e. The molecule has 2 heterocycles. The van der Waals surface area contributed by atoms with Gasteiger partial charge in [0.05, 0.1) is 10.7 Å². The number of nitrogens with one attached hydrogen (secondary N) is 1. The number of thioether (sulfide) groups is 1. The third kappa shape index (κ3) is 4.80. The maximum Gasteiger partial charge on any atom is 0.242 e. The minimum Gasteiger partial charge on any atom is -0.325 e. The number of hydrogen-bond donors (Lipinski definition) is 1. The summed E-state index contributed by atoms with van der Waals surface area (Å²) < 4.78 is 0. The quantitative estimate of drug-likeness (QED) is 0.775. The van der Waals surface area contributed by atoms with Gasteiger partial charge in [0.2, 0.25) is 11.8 Å². The van der Waals surface area contributed by atoms with Crippen molar-refractivity contribution in [3.05, 3.63) is 52.6 Å². The van der Waals surface area contributed by atoms with Gasteiger partial charge in [-0.2, -0.15) is 0 Å². The van der Waals surface area contributed by atoms with Crippen LogP contribution in [0.25, 0.3) is 0 Å². The molecule has 1 aromatic carbocycles. The molecule has 1 aromatic heterocycles. The fourth-order valence-corrected chi connectivity index (χ4v) is 4.16. The maximum atomic E-state index is 12.6. The number of pyridine rings is 1. The van der Waals surface area contributed by atoms with E-state index in [0.717, 1.165) is 0 Å². The molecule has 3 rings (SSSR count). The van der Waals surface area contributed by atoms with Crippen LogP contribution in [0.15, 0.2) is 47.6 Å². The normalized spacial score (nSPS) is 18.2. The zero-order valence-electron chi connectivity index (χ0n) is 14.4. The molecule has 1 fully saturated rings. The van der Waals surface area contributed by atoms with Crippen LogP contribution in [0, 0.1) is 0 Å². The zero-order valence-corrected chi connectivity index (χ0v) is 16.7. The number of amidine groups is 1. The van der Waals surface area contributed by atoms with E-state index in [1.54, 1.807) is 41.4 Å². The minimum atomic E-state index is -0.543. The van der Waals surface area contributed by atoms with Crippen molar-refractivity contribution >= 4 is 63.5 Å². The van der Waals surface area contributed by atoms with Gasteiger partial charge in [-0.3, -0.25) is 14.5 Å². The van der Waals surface area contributed by atoms with E-state index in [-0.39, 0.29) is 18.2 Å². The fraction of sp³-hybridized carbons (Fsp3) is 0.222. The molecule has 0 aliphatic carbocycles. The molecule has 1 unspecified atom stereocenters. The van der Waals surface area contributed by atoms with Gasteiger partial charge in [-0.1, -0.05) is 41.0 Å². The second-order valence-electron chi connectivity index (χ2n) is 5.65. The highest BCUT2D eigenvalue weighted by Crippen LogP contribution is 2.32. The lowest BCUT2D eigenvalue weighted by molar-refractivity contribution is -0.128. The number of rotatable bonds is 5. The van der Waals surface area contributed by atoms with Gasteiger partial charge in [0.15, 0.2) is 11.0 Å². The molecule has 9 heteroatoms. The Morgan fingerprint density at radius 2 is 2.15 bits per heavy atom. The van der Waals surface area contributed by atoms with Crippen LogP contribution in [0.2, 0.25) is 10.0 Å². The predicted octanol–water partition coefficient (Wildman–Crippen LogP) is 4.37. The summed E-state index contributed by atoms with van der Waals surface area (Å²) >= 11 is 13.2. The summed E-state index contributed by atoms with van der Waals surface area (Å²) in [6.45, 7) is 2.33. The summed E-state index contributed by atoms with van der Waals surface area (Å²) in [5.74, 6) is 0.0686. The molecular weight excluding hydrogens is 407 g/mol. The summed E-state index contributed by atoms with van der Waals surface area (Å²) in [6.07, 6.45) is 1.65. The molecule has 1 N–H and O–H groups in total. The number of aliphatic imine (C=N–C) groups is 1. The molecule has 6 nitrogen and oxygen atoms in total. The number of benzene rings is 1. The summed E-state index contributed by atoms with van der Waals surface area (Å²) in [7, 11) is 0. The van der Waals surface area contributed by atoms with Gasteiger partial charge in [-0.15, -0.1) is 0 Å². The van der Waals surface area contributed by atoms with E-state index < -0.39 is 5.25 Å². The first kappa shape index (κ1) is 19.7. The third-order valence-corrected chi connectivity index (χ3v) is 5.49. The lowest BCUT2D eigenvalue weighted by Gasteiger charge is -2.13. The zero-order chi connectivity index (χ0) is 19.4. The number of halogens is 2. The number of nitrogens with zero attached hydrogens (tertiary/aromatic N) is 3. The van der Waals surface area contributed by atoms with Crippen LogP contribution in [0.3, 0.4) is 0 Å². The van der Waals surface area contributed by atoms with Crippen molar-refractivity contribution in [1.29, 1.82) is 0 Å². The molecule has 2 amide bonds. The van der Waals surface area contributed by atoms with Crippen LogP contribution in [0.4, 0.5) is 11.5 Å². The highest BCUT2D eigenvalue weighted by molar-refractivity contribution is 8.15. The molecule has 27 heavy (non-hydrogen) atoms. The number of hydrogen-bond acceptors (Lipinski definition) is 5. The van der Waals surface area contributed by atoms with Crippen molar-refractivity contribution in [3.63, 3.8) is 0 Å². The summed E-state index contributed by atoms with van der Waals surface area (Å²) in [5.41, 5.74) is 0.455. The predicted molar refractivity (Wildman–Crippen MR) is 110 cm³/mol. The lowest BCUT2D eigenvalue weighted by Crippen LogP contribution is -2.33. The van der Waals surface area contributed by atoms with Crippen molar-refractivity contribution in [2.24, 2.45) is 4.99 Å². The number of amides is 2. The Balaban J connectivity index is 1.70. The molecule has 1 saturated heterocycles. The van der Waals surface area contributed by atoms with Crippen molar-refractivity contribution in [2.75, 3.05) is 11.9 Å². The Morgan fingerprint density at radius 3 is 2.81 bits per heavy atom. The van der Waals surface area contributed by atoms with Gasteiger partial charge in [-0.05, 0) is 37.3 Å². The second-order valence-corrected chi connectivity index (χ2v) is 7.66. The van der Waals surface area contributed by atoms with Gasteiger partial charge >= 0.3 is 0 Å². The molecule has 0 spiro atoms. The maximum absolute atomic E-state index is 12.6. The molecule has 0 saturated carbocycles. The van der Waals surface area contributed by atoms with Gasteiger partial charge in [0, 0.05) is 24.2 Å². The Labute approximate surface area is 171 Å². The van der Waals surface area contributed by atoms with E-state index in [4.69, 9.17) is 23.2 Å². The molecular formula is C18H16Cl2N4O2S. The Morgan fingerprint density at radius 1 is 1.33 bits per heavy atom. The Kier molecular flexibility index (Phi) is 6.36. The third-order valence-electron chi connectivity index (χ3n) is 3.77. The Hall–Kier alpha value is -2.09. The first-order valence-corrected chi connectivity index (χ1v) is 9.84. The summed E-state index contributed by atoms with van der Waals surface area (Å²) in [5, 5.41) is 3.54. The van der Waals surface area contributed by atoms with Crippen molar-refractivity contribution in [1.82, 2.24) is 9.88 Å². The minimum absolute atomic E-state index is 0.0141. The van der Waals surface area contributed by atoms with E-state index in [2.05, 4.69) is 15.3 Å². The van der Waals surface area contributed by atoms with Crippen LogP contribution in [0.1, 0.15) is 13.3 Å². The van der Waals surface area contributed by atoms with Crippen molar-refractivity contribution < 1.29 is 9.59 Å². The van der Waals surface area contributed by atoms with Gasteiger partial charge in [0.1, 0.15) is 5.25 Å². The van der Waals surface area contributed by atoms with E-state index in [0.29, 0.717) is 33.3 Å². The van der Waals surface area contributed by atoms with Crippen LogP contribution in [-0.4, -0.2) is 38.7 Å². The topological polar surface area (TPSA) is 74.7 Å². The van der Waals surface area contributed by atoms with Gasteiger partial charge in [0.25, 0.3) is 0 Å². The second kappa shape index (κ2) is 8.73. The van der Waals surface area contributed by atoms with E-state index >= 15 is 0 Å². The monoisotopic (exact) mass is 422 g/mol. The number of aromatic nitrogens is 1.